The minimum atomic E-state index is -0.798. The van der Waals surface area contributed by atoms with Gasteiger partial charge in [-0.25, -0.2) is 0 Å². The summed E-state index contributed by atoms with van der Waals surface area (Å²) in [7, 11) is 0. The van der Waals surface area contributed by atoms with E-state index in [1.165, 1.54) is 148 Å². The molecule has 0 spiro atoms. The fraction of sp³-hybridized carbons (Fsp3) is 0.675. The summed E-state index contributed by atoms with van der Waals surface area (Å²) in [6.07, 6.45) is 98.9. The smallest absolute Gasteiger partial charge is 0.306 e. The quantitative estimate of drug-likeness (QED) is 0.0261. The van der Waals surface area contributed by atoms with Gasteiger partial charge in [0.05, 0.1) is 0 Å². The van der Waals surface area contributed by atoms with Crippen LogP contribution >= 0.6 is 0 Å². The van der Waals surface area contributed by atoms with E-state index in [-0.39, 0.29) is 31.1 Å². The molecule has 0 aromatic carbocycles. The number of unbranched alkanes of at least 4 members (excludes halogenated alkanes) is 29. The first-order valence-corrected chi connectivity index (χ1v) is 34.7. The lowest BCUT2D eigenvalue weighted by atomic mass is 10.0. The van der Waals surface area contributed by atoms with Crippen LogP contribution in [0.15, 0.2) is 134 Å². The second kappa shape index (κ2) is 70.0. The minimum Gasteiger partial charge on any atom is -0.462 e. The Labute approximate surface area is 513 Å². The first-order valence-electron chi connectivity index (χ1n) is 34.7. The van der Waals surface area contributed by atoms with Gasteiger partial charge in [-0.1, -0.05) is 309 Å². The van der Waals surface area contributed by atoms with Crippen molar-refractivity contribution in [2.75, 3.05) is 13.2 Å². The highest BCUT2D eigenvalue weighted by atomic mass is 16.6. The van der Waals surface area contributed by atoms with Crippen LogP contribution in [0.3, 0.4) is 0 Å². The molecular weight excluding hydrogens is 1020 g/mol. The molecule has 83 heavy (non-hydrogen) atoms. The zero-order valence-electron chi connectivity index (χ0n) is 54.2. The molecule has 0 N–H and O–H groups in total. The van der Waals surface area contributed by atoms with Gasteiger partial charge in [-0.15, -0.1) is 0 Å². The lowest BCUT2D eigenvalue weighted by Crippen LogP contribution is -2.30. The molecule has 0 bridgehead atoms. The van der Waals surface area contributed by atoms with Gasteiger partial charge in [0.25, 0.3) is 0 Å². The highest BCUT2D eigenvalue weighted by molar-refractivity contribution is 5.71. The van der Waals surface area contributed by atoms with Crippen LogP contribution in [-0.2, 0) is 28.6 Å². The second-order valence-electron chi connectivity index (χ2n) is 22.7. The van der Waals surface area contributed by atoms with E-state index >= 15 is 0 Å². The summed E-state index contributed by atoms with van der Waals surface area (Å²) in [6, 6.07) is 0. The Bertz CT molecular complexity index is 1750. The Balaban J connectivity index is 4.39. The van der Waals surface area contributed by atoms with Crippen molar-refractivity contribution in [3.63, 3.8) is 0 Å². The molecule has 0 saturated heterocycles. The molecule has 472 valence electrons. The van der Waals surface area contributed by atoms with Gasteiger partial charge in [-0.2, -0.15) is 0 Å². The van der Waals surface area contributed by atoms with Crippen LogP contribution in [0.1, 0.15) is 316 Å². The van der Waals surface area contributed by atoms with Crippen molar-refractivity contribution >= 4 is 17.9 Å². The highest BCUT2D eigenvalue weighted by Gasteiger charge is 2.19. The number of allylic oxidation sites excluding steroid dienone is 22. The highest BCUT2D eigenvalue weighted by Crippen LogP contribution is 2.16. The third-order valence-corrected chi connectivity index (χ3v) is 14.6. The van der Waals surface area contributed by atoms with E-state index in [0.29, 0.717) is 19.3 Å². The summed E-state index contributed by atoms with van der Waals surface area (Å²) in [5, 5.41) is 0. The summed E-state index contributed by atoms with van der Waals surface area (Å²) >= 11 is 0. The fourth-order valence-corrected chi connectivity index (χ4v) is 9.47. The Kier molecular flexibility index (Phi) is 66.3. The lowest BCUT2D eigenvalue weighted by Gasteiger charge is -2.18. The van der Waals surface area contributed by atoms with Crippen molar-refractivity contribution in [2.24, 2.45) is 0 Å². The van der Waals surface area contributed by atoms with Crippen molar-refractivity contribution in [1.29, 1.82) is 0 Å². The molecule has 1 atom stereocenters. The number of hydrogen-bond donors (Lipinski definition) is 0. The first kappa shape index (κ1) is 78.5. The van der Waals surface area contributed by atoms with Crippen LogP contribution in [0.5, 0.6) is 0 Å². The van der Waals surface area contributed by atoms with Crippen LogP contribution in [-0.4, -0.2) is 37.2 Å². The van der Waals surface area contributed by atoms with Gasteiger partial charge in [0.1, 0.15) is 13.2 Å². The minimum absolute atomic E-state index is 0.0907. The molecule has 0 saturated carbocycles. The van der Waals surface area contributed by atoms with Gasteiger partial charge >= 0.3 is 17.9 Å². The van der Waals surface area contributed by atoms with Gasteiger partial charge in [-0.05, 0) is 122 Å². The average Bonchev–Trinajstić information content (AvgIpc) is 3.49. The topological polar surface area (TPSA) is 78.9 Å². The van der Waals surface area contributed by atoms with Crippen molar-refractivity contribution in [3.8, 4) is 0 Å². The Hall–Kier alpha value is -4.45. The molecule has 0 amide bonds. The van der Waals surface area contributed by atoms with Crippen molar-refractivity contribution in [3.05, 3.63) is 134 Å². The Morgan fingerprint density at radius 2 is 0.470 bits per heavy atom. The summed E-state index contributed by atoms with van der Waals surface area (Å²) in [5.41, 5.74) is 0. The van der Waals surface area contributed by atoms with Crippen LogP contribution in [0, 0.1) is 0 Å². The summed E-state index contributed by atoms with van der Waals surface area (Å²) in [6.45, 7) is 6.51. The predicted octanol–water partition coefficient (Wildman–Crippen LogP) is 24.1. The van der Waals surface area contributed by atoms with Gasteiger partial charge in [0.2, 0.25) is 0 Å². The lowest BCUT2D eigenvalue weighted by molar-refractivity contribution is -0.167. The van der Waals surface area contributed by atoms with E-state index in [2.05, 4.69) is 154 Å². The number of ether oxygens (including phenoxy) is 3. The van der Waals surface area contributed by atoms with Crippen molar-refractivity contribution in [2.45, 2.75) is 322 Å². The summed E-state index contributed by atoms with van der Waals surface area (Å²) in [4.78, 5) is 38.4. The first-order chi connectivity index (χ1) is 41.0. The Morgan fingerprint density at radius 3 is 0.747 bits per heavy atom. The third kappa shape index (κ3) is 68.2. The molecule has 0 rings (SSSR count). The van der Waals surface area contributed by atoms with E-state index in [9.17, 15) is 14.4 Å². The monoisotopic (exact) mass is 1150 g/mol. The molecule has 6 nitrogen and oxygen atoms in total. The molecule has 0 aromatic heterocycles. The maximum atomic E-state index is 12.9. The number of hydrogen-bond acceptors (Lipinski definition) is 6. The zero-order chi connectivity index (χ0) is 59.9. The largest absolute Gasteiger partial charge is 0.462 e. The van der Waals surface area contributed by atoms with E-state index in [1.807, 2.05) is 0 Å². The Morgan fingerprint density at radius 1 is 0.253 bits per heavy atom. The molecule has 0 fully saturated rings. The summed E-state index contributed by atoms with van der Waals surface area (Å²) in [5.74, 6) is -0.922. The average molecular weight is 1150 g/mol. The van der Waals surface area contributed by atoms with Gasteiger partial charge in [0.15, 0.2) is 6.10 Å². The number of carbonyl (C=O) groups excluding carboxylic acids is 3. The summed E-state index contributed by atoms with van der Waals surface area (Å²) < 4.78 is 16.9. The van der Waals surface area contributed by atoms with Crippen molar-refractivity contribution in [1.82, 2.24) is 0 Å². The SMILES string of the molecule is CC/C=C\C/C=C\C/C=C\C/C=C\C/C=C\C/C=C\C/C=C\C/C=C\C/C=C\CCCCCC(=O)OCC(COC(=O)CCCCCCCCCCCCCCC)OC(=O)CCCCCCCCCCC/C=C\C/C=C\CCCCCCC. The number of rotatable bonds is 62. The maximum Gasteiger partial charge on any atom is 0.306 e. The molecule has 0 aliphatic heterocycles. The van der Waals surface area contributed by atoms with E-state index < -0.39 is 6.10 Å². The van der Waals surface area contributed by atoms with Gasteiger partial charge in [-0.3, -0.25) is 14.4 Å². The zero-order valence-corrected chi connectivity index (χ0v) is 54.2. The van der Waals surface area contributed by atoms with Gasteiger partial charge < -0.3 is 14.2 Å². The standard InChI is InChI=1S/C77H128O6/c1-4-7-10-13-16-19-22-25-27-29-31-33-34-35-36-37-38-39-40-41-42-44-45-47-49-52-55-58-61-64-67-70-76(79)82-73-74(72-81-75(78)69-66-63-60-57-54-51-24-21-18-15-12-9-6-3)83-77(80)71-68-65-62-59-56-53-50-48-46-43-32-30-28-26-23-20-17-14-11-8-5-2/h7,10,16,19,23,25-27,30-33,35-36,38-39,41-42,45,47,52,55,74H,4-6,8-9,11-15,17-18,20-22,24,28-29,34,37,40,43-44,46,48-51,53-54,56-73H2,1-3H3/b10-7-,19-16-,26-23-,27-25-,32-30-,33-31-,36-35-,39-38-,42-41-,47-45-,55-52-. The molecule has 0 heterocycles. The molecule has 1 unspecified atom stereocenters. The van der Waals surface area contributed by atoms with E-state index in [0.717, 1.165) is 128 Å². The predicted molar refractivity (Wildman–Crippen MR) is 362 cm³/mol. The van der Waals surface area contributed by atoms with Crippen LogP contribution < -0.4 is 0 Å². The molecular formula is C77H128O6. The number of esters is 3. The van der Waals surface area contributed by atoms with Gasteiger partial charge in [0, 0.05) is 19.3 Å². The maximum absolute atomic E-state index is 12.9. The number of carbonyl (C=O) groups is 3. The normalized spacial score (nSPS) is 13.0. The van der Waals surface area contributed by atoms with Crippen LogP contribution in [0.25, 0.3) is 0 Å². The molecule has 0 aromatic rings. The van der Waals surface area contributed by atoms with E-state index in [4.69, 9.17) is 14.2 Å². The van der Waals surface area contributed by atoms with Crippen LogP contribution in [0.4, 0.5) is 0 Å². The van der Waals surface area contributed by atoms with Crippen LogP contribution in [0.2, 0.25) is 0 Å². The van der Waals surface area contributed by atoms with E-state index in [1.54, 1.807) is 0 Å². The molecule has 6 heteroatoms. The fourth-order valence-electron chi connectivity index (χ4n) is 9.47. The third-order valence-electron chi connectivity index (χ3n) is 14.6. The molecule has 0 radical (unpaired) electrons. The second-order valence-corrected chi connectivity index (χ2v) is 22.7. The van der Waals surface area contributed by atoms with Crippen molar-refractivity contribution < 1.29 is 28.6 Å². The molecule has 0 aliphatic rings. The molecule has 0 aliphatic carbocycles.